The van der Waals surface area contributed by atoms with Crippen molar-refractivity contribution >= 4 is 22.7 Å². The quantitative estimate of drug-likeness (QED) is 0.366. The van der Waals surface area contributed by atoms with Crippen molar-refractivity contribution in [1.82, 2.24) is 19.7 Å². The van der Waals surface area contributed by atoms with Gasteiger partial charge in [-0.05, 0) is 29.8 Å². The lowest BCUT2D eigenvalue weighted by Crippen LogP contribution is -2.24. The number of aryl methyl sites for hydroxylation is 1. The Balaban J connectivity index is 1.72. The minimum atomic E-state index is -0.0781. The van der Waals surface area contributed by atoms with Gasteiger partial charge in [0.25, 0.3) is 5.56 Å². The number of para-hydroxylation sites is 1. The molecule has 0 fully saturated rings. The standard InChI is InChI=1S/C20H18N4O3S/c1-13-22-23-18(27-13)12-28-20-21-17-6-4-3-5-16(17)19(25)24(20)11-14-7-9-15(26-2)10-8-14/h3-10H,11-12H2,1-2H3. The Hall–Kier alpha value is -3.13. The number of methoxy groups -OCH3 is 1. The van der Waals surface area contributed by atoms with E-state index in [0.717, 1.165) is 11.3 Å². The van der Waals surface area contributed by atoms with E-state index in [1.165, 1.54) is 11.8 Å². The molecular weight excluding hydrogens is 376 g/mol. The highest BCUT2D eigenvalue weighted by atomic mass is 32.2. The molecule has 0 bridgehead atoms. The zero-order chi connectivity index (χ0) is 19.5. The lowest BCUT2D eigenvalue weighted by Gasteiger charge is -2.13. The van der Waals surface area contributed by atoms with Crippen LogP contribution in [0, 0.1) is 6.92 Å². The predicted octanol–water partition coefficient (Wildman–Crippen LogP) is 3.44. The van der Waals surface area contributed by atoms with Crippen LogP contribution in [0.25, 0.3) is 10.9 Å². The number of ether oxygens (including phenoxy) is 1. The minimum Gasteiger partial charge on any atom is -0.497 e. The summed E-state index contributed by atoms with van der Waals surface area (Å²) in [5.41, 5.74) is 1.57. The zero-order valence-electron chi connectivity index (χ0n) is 15.5. The number of hydrogen-bond donors (Lipinski definition) is 0. The molecule has 0 amide bonds. The van der Waals surface area contributed by atoms with Gasteiger partial charge in [0.05, 0.1) is 30.3 Å². The van der Waals surface area contributed by atoms with Gasteiger partial charge in [-0.25, -0.2) is 4.98 Å². The summed E-state index contributed by atoms with van der Waals surface area (Å²) in [7, 11) is 1.63. The molecule has 2 heterocycles. The fourth-order valence-corrected chi connectivity index (χ4v) is 3.67. The summed E-state index contributed by atoms with van der Waals surface area (Å²) in [5, 5.41) is 9.05. The second kappa shape index (κ2) is 7.85. The number of benzene rings is 2. The van der Waals surface area contributed by atoms with Crippen molar-refractivity contribution in [1.29, 1.82) is 0 Å². The fourth-order valence-electron chi connectivity index (χ4n) is 2.83. The predicted molar refractivity (Wildman–Crippen MR) is 107 cm³/mol. The van der Waals surface area contributed by atoms with Gasteiger partial charge in [0.2, 0.25) is 11.8 Å². The van der Waals surface area contributed by atoms with Gasteiger partial charge in [-0.15, -0.1) is 10.2 Å². The van der Waals surface area contributed by atoms with Crippen LogP contribution in [0.15, 0.2) is 62.9 Å². The number of fused-ring (bicyclic) bond motifs is 1. The zero-order valence-corrected chi connectivity index (χ0v) is 16.3. The highest BCUT2D eigenvalue weighted by Crippen LogP contribution is 2.23. The Morgan fingerprint density at radius 2 is 1.89 bits per heavy atom. The maximum atomic E-state index is 13.1. The molecule has 4 aromatic rings. The molecule has 7 nitrogen and oxygen atoms in total. The van der Waals surface area contributed by atoms with Crippen molar-refractivity contribution in [3.63, 3.8) is 0 Å². The smallest absolute Gasteiger partial charge is 0.262 e. The summed E-state index contributed by atoms with van der Waals surface area (Å²) in [6.45, 7) is 2.15. The van der Waals surface area contributed by atoms with Crippen LogP contribution < -0.4 is 10.3 Å². The van der Waals surface area contributed by atoms with Gasteiger partial charge in [0.1, 0.15) is 5.75 Å². The third kappa shape index (κ3) is 3.77. The van der Waals surface area contributed by atoms with E-state index in [1.807, 2.05) is 42.5 Å². The Kier molecular flexibility index (Phi) is 5.12. The molecular formula is C20H18N4O3S. The molecule has 0 spiro atoms. The SMILES string of the molecule is COc1ccc(Cn2c(SCc3nnc(C)o3)nc3ccccc3c2=O)cc1. The number of nitrogens with zero attached hydrogens (tertiary/aromatic N) is 4. The van der Waals surface area contributed by atoms with E-state index in [9.17, 15) is 4.79 Å². The van der Waals surface area contributed by atoms with Gasteiger partial charge >= 0.3 is 0 Å². The summed E-state index contributed by atoms with van der Waals surface area (Å²) < 4.78 is 12.3. The summed E-state index contributed by atoms with van der Waals surface area (Å²) in [6.07, 6.45) is 0. The average Bonchev–Trinajstić information content (AvgIpc) is 3.14. The van der Waals surface area contributed by atoms with E-state index in [4.69, 9.17) is 14.1 Å². The van der Waals surface area contributed by atoms with Crippen molar-refractivity contribution in [2.24, 2.45) is 0 Å². The van der Waals surface area contributed by atoms with Gasteiger partial charge in [0.15, 0.2) is 5.16 Å². The van der Waals surface area contributed by atoms with Gasteiger partial charge in [-0.1, -0.05) is 36.0 Å². The molecule has 28 heavy (non-hydrogen) atoms. The third-order valence-electron chi connectivity index (χ3n) is 4.22. The maximum Gasteiger partial charge on any atom is 0.262 e. The lowest BCUT2D eigenvalue weighted by molar-refractivity contribution is 0.414. The molecule has 142 valence electrons. The molecule has 0 saturated carbocycles. The first-order valence-electron chi connectivity index (χ1n) is 8.68. The summed E-state index contributed by atoms with van der Waals surface area (Å²) in [5.74, 6) is 2.22. The molecule has 8 heteroatoms. The first kappa shape index (κ1) is 18.2. The van der Waals surface area contributed by atoms with E-state index in [-0.39, 0.29) is 5.56 Å². The fraction of sp³-hybridized carbons (Fsp3) is 0.200. The number of thioether (sulfide) groups is 1. The van der Waals surface area contributed by atoms with E-state index in [2.05, 4.69) is 10.2 Å². The molecule has 0 atom stereocenters. The Labute approximate surface area is 165 Å². The van der Waals surface area contributed by atoms with Crippen molar-refractivity contribution in [3.05, 3.63) is 76.2 Å². The van der Waals surface area contributed by atoms with E-state index < -0.39 is 0 Å². The van der Waals surface area contributed by atoms with Crippen LogP contribution in [0.2, 0.25) is 0 Å². The maximum absolute atomic E-state index is 13.1. The van der Waals surface area contributed by atoms with Crippen LogP contribution in [0.3, 0.4) is 0 Å². The highest BCUT2D eigenvalue weighted by Gasteiger charge is 2.14. The lowest BCUT2D eigenvalue weighted by atomic mass is 10.2. The first-order chi connectivity index (χ1) is 13.6. The molecule has 2 aromatic heterocycles. The molecule has 0 N–H and O–H groups in total. The van der Waals surface area contributed by atoms with E-state index in [0.29, 0.717) is 40.1 Å². The monoisotopic (exact) mass is 394 g/mol. The second-order valence-electron chi connectivity index (χ2n) is 6.15. The Morgan fingerprint density at radius 3 is 2.61 bits per heavy atom. The van der Waals surface area contributed by atoms with Crippen molar-refractivity contribution in [3.8, 4) is 5.75 Å². The minimum absolute atomic E-state index is 0.0781. The molecule has 0 radical (unpaired) electrons. The van der Waals surface area contributed by atoms with Crippen LogP contribution in [0.4, 0.5) is 0 Å². The molecule has 2 aromatic carbocycles. The molecule has 0 aliphatic heterocycles. The average molecular weight is 394 g/mol. The largest absolute Gasteiger partial charge is 0.497 e. The van der Waals surface area contributed by atoms with Gasteiger partial charge < -0.3 is 9.15 Å². The van der Waals surface area contributed by atoms with Gasteiger partial charge in [-0.3, -0.25) is 9.36 Å². The molecule has 0 unspecified atom stereocenters. The summed E-state index contributed by atoms with van der Waals surface area (Å²) in [6, 6.07) is 15.0. The normalized spacial score (nSPS) is 11.1. The van der Waals surface area contributed by atoms with Crippen LogP contribution in [0.5, 0.6) is 5.75 Å². The van der Waals surface area contributed by atoms with Gasteiger partial charge in [0, 0.05) is 6.92 Å². The summed E-state index contributed by atoms with van der Waals surface area (Å²) >= 11 is 1.40. The van der Waals surface area contributed by atoms with Crippen LogP contribution in [-0.2, 0) is 12.3 Å². The molecule has 0 aliphatic rings. The number of rotatable bonds is 6. The van der Waals surface area contributed by atoms with Crippen LogP contribution >= 0.6 is 11.8 Å². The second-order valence-corrected chi connectivity index (χ2v) is 7.10. The third-order valence-corrected chi connectivity index (χ3v) is 5.18. The Bertz CT molecular complexity index is 1170. The highest BCUT2D eigenvalue weighted by molar-refractivity contribution is 7.98. The molecule has 0 saturated heterocycles. The van der Waals surface area contributed by atoms with Crippen LogP contribution in [-0.4, -0.2) is 26.9 Å². The van der Waals surface area contributed by atoms with Crippen LogP contribution in [0.1, 0.15) is 17.3 Å². The molecule has 0 aliphatic carbocycles. The Morgan fingerprint density at radius 1 is 1.11 bits per heavy atom. The van der Waals surface area contributed by atoms with Gasteiger partial charge in [-0.2, -0.15) is 0 Å². The van der Waals surface area contributed by atoms with E-state index in [1.54, 1.807) is 24.7 Å². The number of aromatic nitrogens is 4. The molecule has 4 rings (SSSR count). The van der Waals surface area contributed by atoms with Crippen molar-refractivity contribution in [2.75, 3.05) is 7.11 Å². The van der Waals surface area contributed by atoms with E-state index >= 15 is 0 Å². The summed E-state index contributed by atoms with van der Waals surface area (Å²) in [4.78, 5) is 17.8. The number of hydrogen-bond acceptors (Lipinski definition) is 7. The first-order valence-corrected chi connectivity index (χ1v) is 9.67. The van der Waals surface area contributed by atoms with Crippen molar-refractivity contribution < 1.29 is 9.15 Å². The topological polar surface area (TPSA) is 83.0 Å². The van der Waals surface area contributed by atoms with Crippen molar-refractivity contribution in [2.45, 2.75) is 24.4 Å².